The Morgan fingerprint density at radius 1 is 1.23 bits per heavy atom. The van der Waals surface area contributed by atoms with Crippen molar-refractivity contribution in [3.05, 3.63) is 64.5 Å². The lowest BCUT2D eigenvalue weighted by molar-refractivity contribution is -0.127. The zero-order valence-corrected chi connectivity index (χ0v) is 15.5. The molecule has 3 rings (SSSR count). The minimum absolute atomic E-state index is 0.107. The third-order valence-electron chi connectivity index (χ3n) is 3.88. The molecule has 1 aliphatic heterocycles. The largest absolute Gasteiger partial charge is 0.476 e. The number of halogens is 1. The Balaban J connectivity index is 1.94. The molecule has 0 saturated heterocycles. The van der Waals surface area contributed by atoms with Gasteiger partial charge in [0.1, 0.15) is 5.75 Å². The van der Waals surface area contributed by atoms with Crippen molar-refractivity contribution >= 4 is 39.3 Å². The Bertz CT molecular complexity index is 942. The molecular weight excluding hydrogens is 376 g/mol. The number of hydrogen-bond donors (Lipinski definition) is 1. The fourth-order valence-corrected chi connectivity index (χ4v) is 3.92. The van der Waals surface area contributed by atoms with Crippen LogP contribution in [0.1, 0.15) is 5.56 Å². The van der Waals surface area contributed by atoms with Gasteiger partial charge in [0.05, 0.1) is 17.6 Å². The normalized spacial score (nSPS) is 16.8. The second-order valence-electron chi connectivity index (χ2n) is 5.62. The highest BCUT2D eigenvalue weighted by molar-refractivity contribution is 7.95. The van der Waals surface area contributed by atoms with E-state index in [4.69, 9.17) is 16.3 Å². The number of carbonyl (C=O) groups excluding carboxylic acids is 1. The van der Waals surface area contributed by atoms with Gasteiger partial charge in [-0.3, -0.25) is 9.10 Å². The van der Waals surface area contributed by atoms with Crippen molar-refractivity contribution in [1.82, 2.24) is 5.32 Å². The number of para-hydroxylation sites is 2. The number of benzene rings is 2. The van der Waals surface area contributed by atoms with Crippen LogP contribution in [0, 0.1) is 0 Å². The molecule has 1 unspecified atom stereocenters. The first kappa shape index (κ1) is 18.3. The lowest BCUT2D eigenvalue weighted by atomic mass is 10.2. The Morgan fingerprint density at radius 3 is 2.62 bits per heavy atom. The summed E-state index contributed by atoms with van der Waals surface area (Å²) in [7, 11) is -2.34. The molecule has 1 aliphatic rings. The highest BCUT2D eigenvalue weighted by Crippen LogP contribution is 2.35. The van der Waals surface area contributed by atoms with Crippen LogP contribution in [0.5, 0.6) is 5.75 Å². The predicted octanol–water partition coefficient (Wildman–Crippen LogP) is 2.65. The number of sulfonamides is 1. The number of likely N-dealkylation sites (N-methyl/N-ethyl adjacent to an activating group) is 1. The van der Waals surface area contributed by atoms with Crippen molar-refractivity contribution in [2.75, 3.05) is 17.9 Å². The third kappa shape index (κ3) is 3.84. The first-order chi connectivity index (χ1) is 12.4. The lowest BCUT2D eigenvalue weighted by Crippen LogP contribution is -2.49. The molecule has 1 heterocycles. The first-order valence-corrected chi connectivity index (χ1v) is 9.72. The molecule has 1 amide bonds. The van der Waals surface area contributed by atoms with Gasteiger partial charge in [0, 0.05) is 12.1 Å². The van der Waals surface area contributed by atoms with Crippen LogP contribution in [0.25, 0.3) is 6.08 Å². The maximum Gasteiger partial charge on any atom is 0.262 e. The number of rotatable bonds is 4. The Labute approximate surface area is 157 Å². The van der Waals surface area contributed by atoms with E-state index in [-0.39, 0.29) is 12.5 Å². The second-order valence-corrected chi connectivity index (χ2v) is 7.80. The average Bonchev–Trinajstić information content (AvgIpc) is 2.66. The van der Waals surface area contributed by atoms with Crippen molar-refractivity contribution in [2.24, 2.45) is 0 Å². The summed E-state index contributed by atoms with van der Waals surface area (Å²) in [5.41, 5.74) is 1.09. The van der Waals surface area contributed by atoms with Gasteiger partial charge in [0.15, 0.2) is 6.10 Å². The maximum absolute atomic E-state index is 12.9. The van der Waals surface area contributed by atoms with Gasteiger partial charge in [0.25, 0.3) is 15.9 Å². The van der Waals surface area contributed by atoms with Crippen molar-refractivity contribution in [3.63, 3.8) is 0 Å². The number of fused-ring (bicyclic) bond motifs is 1. The molecule has 0 bridgehead atoms. The van der Waals surface area contributed by atoms with Crippen molar-refractivity contribution < 1.29 is 17.9 Å². The summed E-state index contributed by atoms with van der Waals surface area (Å²) in [5, 5.41) is 4.16. The fourth-order valence-electron chi connectivity index (χ4n) is 2.55. The fraction of sp³-hybridized carbons (Fsp3) is 0.167. The summed E-state index contributed by atoms with van der Waals surface area (Å²) < 4.78 is 32.5. The summed E-state index contributed by atoms with van der Waals surface area (Å²) >= 11 is 5.84. The SMILES string of the molecule is CNC(=O)C1CN(S(=O)(=O)/C=C/c2ccc(Cl)cc2)c2ccccc2O1. The molecule has 0 fully saturated rings. The molecule has 26 heavy (non-hydrogen) atoms. The van der Waals surface area contributed by atoms with E-state index in [0.29, 0.717) is 22.0 Å². The van der Waals surface area contributed by atoms with Gasteiger partial charge in [-0.05, 0) is 35.9 Å². The molecular formula is C18H17ClN2O4S. The van der Waals surface area contributed by atoms with Crippen LogP contribution < -0.4 is 14.4 Å². The molecule has 2 aromatic rings. The number of carbonyl (C=O) groups is 1. The zero-order chi connectivity index (χ0) is 18.7. The van der Waals surface area contributed by atoms with E-state index in [0.717, 1.165) is 5.41 Å². The topological polar surface area (TPSA) is 75.7 Å². The molecule has 8 heteroatoms. The lowest BCUT2D eigenvalue weighted by Gasteiger charge is -2.33. The number of amides is 1. The molecule has 0 saturated carbocycles. The van der Waals surface area contributed by atoms with E-state index in [9.17, 15) is 13.2 Å². The van der Waals surface area contributed by atoms with Gasteiger partial charge in [0.2, 0.25) is 0 Å². The molecule has 0 spiro atoms. The summed E-state index contributed by atoms with van der Waals surface area (Å²) in [4.78, 5) is 12.0. The molecule has 0 aliphatic carbocycles. The first-order valence-electron chi connectivity index (χ1n) is 7.84. The summed E-state index contributed by atoms with van der Waals surface area (Å²) in [5.74, 6) is -0.0443. The van der Waals surface area contributed by atoms with E-state index in [2.05, 4.69) is 5.32 Å². The molecule has 1 N–H and O–H groups in total. The highest BCUT2D eigenvalue weighted by Gasteiger charge is 2.35. The Kier molecular flexibility index (Phi) is 5.20. The van der Waals surface area contributed by atoms with Crippen LogP contribution in [0.15, 0.2) is 53.9 Å². The number of ether oxygens (including phenoxy) is 1. The van der Waals surface area contributed by atoms with Gasteiger partial charge in [-0.2, -0.15) is 0 Å². The number of nitrogens with zero attached hydrogens (tertiary/aromatic N) is 1. The van der Waals surface area contributed by atoms with Crippen LogP contribution in [-0.4, -0.2) is 34.0 Å². The van der Waals surface area contributed by atoms with E-state index in [1.54, 1.807) is 48.5 Å². The minimum atomic E-state index is -3.82. The summed E-state index contributed by atoms with van der Waals surface area (Å²) in [6.45, 7) is -0.107. The van der Waals surface area contributed by atoms with Crippen LogP contribution in [0.3, 0.4) is 0 Å². The average molecular weight is 393 g/mol. The number of hydrogen-bond acceptors (Lipinski definition) is 4. The van der Waals surface area contributed by atoms with Gasteiger partial charge >= 0.3 is 0 Å². The van der Waals surface area contributed by atoms with Gasteiger partial charge in [-0.15, -0.1) is 0 Å². The minimum Gasteiger partial charge on any atom is -0.476 e. The monoisotopic (exact) mass is 392 g/mol. The van der Waals surface area contributed by atoms with Crippen molar-refractivity contribution in [3.8, 4) is 5.75 Å². The Morgan fingerprint density at radius 2 is 1.92 bits per heavy atom. The van der Waals surface area contributed by atoms with Crippen LogP contribution >= 0.6 is 11.6 Å². The number of nitrogens with one attached hydrogen (secondary N) is 1. The quantitative estimate of drug-likeness (QED) is 0.867. The van der Waals surface area contributed by atoms with Crippen LogP contribution in [-0.2, 0) is 14.8 Å². The van der Waals surface area contributed by atoms with Crippen molar-refractivity contribution in [2.45, 2.75) is 6.10 Å². The maximum atomic E-state index is 12.9. The smallest absolute Gasteiger partial charge is 0.262 e. The molecule has 1 atom stereocenters. The molecule has 2 aromatic carbocycles. The third-order valence-corrected chi connectivity index (χ3v) is 5.58. The Hall–Kier alpha value is -2.51. The molecule has 0 radical (unpaired) electrons. The van der Waals surface area contributed by atoms with E-state index in [1.165, 1.54) is 17.4 Å². The number of anilines is 1. The van der Waals surface area contributed by atoms with Gasteiger partial charge in [-0.25, -0.2) is 8.42 Å². The van der Waals surface area contributed by atoms with E-state index in [1.807, 2.05) is 0 Å². The van der Waals surface area contributed by atoms with Gasteiger partial charge in [-0.1, -0.05) is 35.9 Å². The van der Waals surface area contributed by atoms with E-state index >= 15 is 0 Å². The standard InChI is InChI=1S/C18H17ClN2O4S/c1-20-18(22)17-12-21(15-4-2-3-5-16(15)25-17)26(23,24)11-10-13-6-8-14(19)9-7-13/h2-11,17H,12H2,1H3,(H,20,22)/b11-10+. The molecule has 136 valence electrons. The molecule has 0 aromatic heterocycles. The highest BCUT2D eigenvalue weighted by atomic mass is 35.5. The summed E-state index contributed by atoms with van der Waals surface area (Å²) in [6, 6.07) is 13.5. The van der Waals surface area contributed by atoms with Crippen LogP contribution in [0.2, 0.25) is 5.02 Å². The van der Waals surface area contributed by atoms with E-state index < -0.39 is 16.1 Å². The predicted molar refractivity (Wildman–Crippen MR) is 102 cm³/mol. The second kappa shape index (κ2) is 7.39. The van der Waals surface area contributed by atoms with Crippen LogP contribution in [0.4, 0.5) is 5.69 Å². The molecule has 6 nitrogen and oxygen atoms in total. The zero-order valence-electron chi connectivity index (χ0n) is 13.9. The van der Waals surface area contributed by atoms with Gasteiger partial charge < -0.3 is 10.1 Å². The van der Waals surface area contributed by atoms with Crippen molar-refractivity contribution in [1.29, 1.82) is 0 Å². The summed E-state index contributed by atoms with van der Waals surface area (Å²) in [6.07, 6.45) is 0.562.